The van der Waals surface area contributed by atoms with Gasteiger partial charge in [-0.1, -0.05) is 13.8 Å². The minimum absolute atomic E-state index is 0.497. The topological polar surface area (TPSA) is 42.2 Å². The van der Waals surface area contributed by atoms with E-state index in [1.165, 1.54) is 30.5 Å². The van der Waals surface area contributed by atoms with Gasteiger partial charge in [0.25, 0.3) is 0 Å². The van der Waals surface area contributed by atoms with Gasteiger partial charge in [0, 0.05) is 42.3 Å². The first kappa shape index (κ1) is 14.3. The first-order valence-electron chi connectivity index (χ1n) is 7.47. The van der Waals surface area contributed by atoms with Crippen LogP contribution in [0.1, 0.15) is 50.1 Å². The molecule has 1 aromatic heterocycles. The van der Waals surface area contributed by atoms with Gasteiger partial charge in [0.05, 0.1) is 0 Å². The number of aryl methyl sites for hydroxylation is 2. The molecule has 19 heavy (non-hydrogen) atoms. The first-order valence-corrected chi connectivity index (χ1v) is 7.47. The molecule has 0 spiro atoms. The number of aromatic nitrogens is 1. The van der Waals surface area contributed by atoms with Gasteiger partial charge in [-0.25, -0.2) is 0 Å². The summed E-state index contributed by atoms with van der Waals surface area (Å²) in [6.07, 6.45) is 3.83. The lowest BCUT2D eigenvalue weighted by Crippen LogP contribution is -2.27. The highest BCUT2D eigenvalue weighted by Crippen LogP contribution is 2.40. The summed E-state index contributed by atoms with van der Waals surface area (Å²) in [6.45, 7) is 11.7. The number of pyridine rings is 1. The Hall–Kier alpha value is -1.09. The third kappa shape index (κ3) is 2.62. The minimum Gasteiger partial charge on any atom is -0.371 e. The van der Waals surface area contributed by atoms with Crippen molar-refractivity contribution in [3.63, 3.8) is 0 Å². The number of hydrogen-bond donors (Lipinski definition) is 1. The zero-order chi connectivity index (χ0) is 14.0. The summed E-state index contributed by atoms with van der Waals surface area (Å²) < 4.78 is 0. The summed E-state index contributed by atoms with van der Waals surface area (Å²) in [5, 5.41) is 0. The monoisotopic (exact) mass is 261 g/mol. The van der Waals surface area contributed by atoms with Crippen LogP contribution in [0.4, 0.5) is 5.69 Å². The molecule has 2 heterocycles. The molecule has 1 fully saturated rings. The standard InChI is InChI=1S/C16H27N3/c1-5-16(6-2)7-8-19(11-16)15-9-12(3)18-13(4)14(15)10-17/h9H,5-8,10-11,17H2,1-4H3. The molecular formula is C16H27N3. The van der Waals surface area contributed by atoms with Crippen LogP contribution in [0.3, 0.4) is 0 Å². The fraction of sp³-hybridized carbons (Fsp3) is 0.688. The summed E-state index contributed by atoms with van der Waals surface area (Å²) >= 11 is 0. The van der Waals surface area contributed by atoms with Crippen molar-refractivity contribution < 1.29 is 0 Å². The van der Waals surface area contributed by atoms with Gasteiger partial charge in [-0.3, -0.25) is 4.98 Å². The van der Waals surface area contributed by atoms with Crippen LogP contribution in [0.2, 0.25) is 0 Å². The fourth-order valence-electron chi connectivity index (χ4n) is 3.34. The molecule has 0 aliphatic carbocycles. The Morgan fingerprint density at radius 2 is 2.00 bits per heavy atom. The Morgan fingerprint density at radius 1 is 1.32 bits per heavy atom. The van der Waals surface area contributed by atoms with Gasteiger partial charge in [0.2, 0.25) is 0 Å². The smallest absolute Gasteiger partial charge is 0.0448 e. The Labute approximate surface area is 117 Å². The maximum atomic E-state index is 5.94. The molecule has 1 aliphatic heterocycles. The number of anilines is 1. The molecule has 0 amide bonds. The van der Waals surface area contributed by atoms with Crippen molar-refractivity contribution in [2.75, 3.05) is 18.0 Å². The SMILES string of the molecule is CCC1(CC)CCN(c2cc(C)nc(C)c2CN)C1. The van der Waals surface area contributed by atoms with E-state index in [2.05, 4.69) is 43.6 Å². The van der Waals surface area contributed by atoms with Gasteiger partial charge >= 0.3 is 0 Å². The van der Waals surface area contributed by atoms with E-state index >= 15 is 0 Å². The fourth-order valence-corrected chi connectivity index (χ4v) is 3.34. The second-order valence-corrected chi connectivity index (χ2v) is 5.93. The molecule has 0 bridgehead atoms. The lowest BCUT2D eigenvalue weighted by Gasteiger charge is -2.28. The van der Waals surface area contributed by atoms with Gasteiger partial charge in [-0.05, 0) is 44.6 Å². The molecule has 0 atom stereocenters. The Balaban J connectivity index is 2.33. The molecule has 0 unspecified atom stereocenters. The van der Waals surface area contributed by atoms with Crippen molar-refractivity contribution in [3.8, 4) is 0 Å². The predicted octanol–water partition coefficient (Wildman–Crippen LogP) is 3.17. The Morgan fingerprint density at radius 3 is 2.53 bits per heavy atom. The largest absolute Gasteiger partial charge is 0.371 e. The molecule has 2 N–H and O–H groups in total. The molecule has 1 saturated heterocycles. The molecule has 0 saturated carbocycles. The van der Waals surface area contributed by atoms with E-state index in [4.69, 9.17) is 5.73 Å². The molecule has 3 heteroatoms. The number of nitrogens with zero attached hydrogens (tertiary/aromatic N) is 2. The number of hydrogen-bond acceptors (Lipinski definition) is 3. The van der Waals surface area contributed by atoms with E-state index < -0.39 is 0 Å². The van der Waals surface area contributed by atoms with Gasteiger partial charge in [0.15, 0.2) is 0 Å². The van der Waals surface area contributed by atoms with Crippen LogP contribution in [0, 0.1) is 19.3 Å². The second kappa shape index (κ2) is 5.49. The van der Waals surface area contributed by atoms with Crippen molar-refractivity contribution in [3.05, 3.63) is 23.0 Å². The van der Waals surface area contributed by atoms with Gasteiger partial charge in [-0.2, -0.15) is 0 Å². The van der Waals surface area contributed by atoms with Crippen molar-refractivity contribution in [2.24, 2.45) is 11.1 Å². The van der Waals surface area contributed by atoms with Crippen molar-refractivity contribution in [2.45, 2.75) is 53.5 Å². The molecule has 106 valence electrons. The second-order valence-electron chi connectivity index (χ2n) is 5.93. The van der Waals surface area contributed by atoms with Gasteiger partial charge < -0.3 is 10.6 Å². The van der Waals surface area contributed by atoms with Crippen molar-refractivity contribution >= 4 is 5.69 Å². The van der Waals surface area contributed by atoms with Crippen LogP contribution in [0.25, 0.3) is 0 Å². The summed E-state index contributed by atoms with van der Waals surface area (Å²) in [7, 11) is 0. The van der Waals surface area contributed by atoms with Crippen molar-refractivity contribution in [1.82, 2.24) is 4.98 Å². The van der Waals surface area contributed by atoms with Crippen LogP contribution < -0.4 is 10.6 Å². The summed E-state index contributed by atoms with van der Waals surface area (Å²) in [5.41, 5.74) is 11.1. The Kier molecular flexibility index (Phi) is 4.14. The lowest BCUT2D eigenvalue weighted by atomic mass is 9.82. The van der Waals surface area contributed by atoms with E-state index in [9.17, 15) is 0 Å². The molecule has 1 aliphatic rings. The summed E-state index contributed by atoms with van der Waals surface area (Å²) in [5.74, 6) is 0. The molecule has 2 rings (SSSR count). The van der Waals surface area contributed by atoms with Crippen molar-refractivity contribution in [1.29, 1.82) is 0 Å². The zero-order valence-corrected chi connectivity index (χ0v) is 12.8. The van der Waals surface area contributed by atoms with Crippen LogP contribution in [-0.2, 0) is 6.54 Å². The zero-order valence-electron chi connectivity index (χ0n) is 12.8. The predicted molar refractivity (Wildman–Crippen MR) is 81.4 cm³/mol. The van der Waals surface area contributed by atoms with Crippen LogP contribution in [0.5, 0.6) is 0 Å². The van der Waals surface area contributed by atoms with Crippen LogP contribution in [0.15, 0.2) is 6.07 Å². The maximum absolute atomic E-state index is 5.94. The first-order chi connectivity index (χ1) is 9.05. The summed E-state index contributed by atoms with van der Waals surface area (Å²) in [6, 6.07) is 2.20. The van der Waals surface area contributed by atoms with Gasteiger partial charge in [0.1, 0.15) is 0 Å². The highest BCUT2D eigenvalue weighted by molar-refractivity contribution is 5.57. The van der Waals surface area contributed by atoms with E-state index in [1.54, 1.807) is 0 Å². The molecule has 1 aromatic rings. The number of rotatable bonds is 4. The maximum Gasteiger partial charge on any atom is 0.0448 e. The highest BCUT2D eigenvalue weighted by Gasteiger charge is 2.35. The van der Waals surface area contributed by atoms with Gasteiger partial charge in [-0.15, -0.1) is 0 Å². The average Bonchev–Trinajstić information content (AvgIpc) is 2.83. The molecule has 0 radical (unpaired) electrons. The highest BCUT2D eigenvalue weighted by atomic mass is 15.2. The van der Waals surface area contributed by atoms with E-state index in [0.717, 1.165) is 24.5 Å². The molecule has 0 aromatic carbocycles. The normalized spacial score (nSPS) is 18.1. The summed E-state index contributed by atoms with van der Waals surface area (Å²) in [4.78, 5) is 7.07. The van der Waals surface area contributed by atoms with E-state index in [-0.39, 0.29) is 0 Å². The number of nitrogens with two attached hydrogens (primary N) is 1. The van der Waals surface area contributed by atoms with E-state index in [1.807, 2.05) is 0 Å². The average molecular weight is 261 g/mol. The Bertz CT molecular complexity index is 450. The lowest BCUT2D eigenvalue weighted by molar-refractivity contribution is 0.301. The quantitative estimate of drug-likeness (QED) is 0.905. The molecular weight excluding hydrogens is 234 g/mol. The third-order valence-corrected chi connectivity index (χ3v) is 4.92. The van der Waals surface area contributed by atoms with Crippen LogP contribution >= 0.6 is 0 Å². The minimum atomic E-state index is 0.497. The van der Waals surface area contributed by atoms with E-state index in [0.29, 0.717) is 12.0 Å². The van der Waals surface area contributed by atoms with Crippen LogP contribution in [-0.4, -0.2) is 18.1 Å². The molecule has 3 nitrogen and oxygen atoms in total. The third-order valence-electron chi connectivity index (χ3n) is 4.92.